The molecule has 16 heavy (non-hydrogen) atoms. The Morgan fingerprint density at radius 3 is 2.62 bits per heavy atom. The molecule has 88 valence electrons. The molecule has 0 saturated heterocycles. The van der Waals surface area contributed by atoms with Crippen molar-refractivity contribution in [2.45, 2.75) is 19.9 Å². The van der Waals surface area contributed by atoms with Gasteiger partial charge in [0.05, 0.1) is 0 Å². The Morgan fingerprint density at radius 1 is 1.12 bits per heavy atom. The van der Waals surface area contributed by atoms with E-state index >= 15 is 0 Å². The van der Waals surface area contributed by atoms with Gasteiger partial charge in [-0.3, -0.25) is 0 Å². The van der Waals surface area contributed by atoms with E-state index in [9.17, 15) is 0 Å². The zero-order valence-electron chi connectivity index (χ0n) is 10.1. The Bertz CT molecular complexity index is 307. The molecular formula is C14H22N2. The topological polar surface area (TPSA) is 24.1 Å². The van der Waals surface area contributed by atoms with Crippen LogP contribution in [0.5, 0.6) is 0 Å². The average molecular weight is 218 g/mol. The highest BCUT2D eigenvalue weighted by atomic mass is 14.9. The lowest BCUT2D eigenvalue weighted by Crippen LogP contribution is -2.27. The number of hydrogen-bond donors (Lipinski definition) is 2. The molecule has 0 aliphatic heterocycles. The standard InChI is InChI=1S/C14H22N2/c1-3-9-15-10-11-16-12-14-8-6-5-7-13(14)4-2/h4-8,15-16H,2-3,9-12H2,1H3. The highest BCUT2D eigenvalue weighted by molar-refractivity contribution is 5.51. The van der Waals surface area contributed by atoms with Crippen molar-refractivity contribution in [3.8, 4) is 0 Å². The van der Waals surface area contributed by atoms with Crippen LogP contribution in [-0.2, 0) is 6.54 Å². The van der Waals surface area contributed by atoms with Gasteiger partial charge in [-0.15, -0.1) is 0 Å². The molecule has 0 fully saturated rings. The van der Waals surface area contributed by atoms with Gasteiger partial charge in [0.15, 0.2) is 0 Å². The van der Waals surface area contributed by atoms with Gasteiger partial charge in [-0.25, -0.2) is 0 Å². The second kappa shape index (κ2) is 8.08. The zero-order chi connectivity index (χ0) is 11.6. The summed E-state index contributed by atoms with van der Waals surface area (Å²) >= 11 is 0. The molecule has 0 atom stereocenters. The Morgan fingerprint density at radius 2 is 1.88 bits per heavy atom. The molecule has 0 radical (unpaired) electrons. The number of rotatable bonds is 8. The Labute approximate surface area is 98.8 Å². The number of nitrogens with one attached hydrogen (secondary N) is 2. The Kier molecular flexibility index (Phi) is 6.54. The smallest absolute Gasteiger partial charge is 0.0211 e. The van der Waals surface area contributed by atoms with Crippen molar-refractivity contribution in [3.63, 3.8) is 0 Å². The van der Waals surface area contributed by atoms with E-state index in [0.717, 1.165) is 26.2 Å². The third-order valence-corrected chi connectivity index (χ3v) is 2.50. The largest absolute Gasteiger partial charge is 0.315 e. The fraction of sp³-hybridized carbons (Fsp3) is 0.429. The summed E-state index contributed by atoms with van der Waals surface area (Å²) in [6, 6.07) is 8.35. The molecule has 2 N–H and O–H groups in total. The second-order valence-corrected chi connectivity index (χ2v) is 3.83. The highest BCUT2D eigenvalue weighted by Crippen LogP contribution is 2.08. The molecule has 1 aromatic rings. The molecule has 1 aromatic carbocycles. The summed E-state index contributed by atoms with van der Waals surface area (Å²) in [5.74, 6) is 0. The molecule has 0 aromatic heterocycles. The lowest BCUT2D eigenvalue weighted by atomic mass is 10.1. The molecule has 0 aliphatic rings. The molecule has 2 heteroatoms. The summed E-state index contributed by atoms with van der Waals surface area (Å²) < 4.78 is 0. The predicted molar refractivity (Wildman–Crippen MR) is 71.4 cm³/mol. The maximum absolute atomic E-state index is 3.82. The van der Waals surface area contributed by atoms with Crippen molar-refractivity contribution in [1.82, 2.24) is 10.6 Å². The Hall–Kier alpha value is -1.12. The predicted octanol–water partition coefficient (Wildman–Crippen LogP) is 2.42. The molecule has 0 bridgehead atoms. The van der Waals surface area contributed by atoms with Crippen LogP contribution in [0.1, 0.15) is 24.5 Å². The summed E-state index contributed by atoms with van der Waals surface area (Å²) in [5.41, 5.74) is 2.53. The van der Waals surface area contributed by atoms with Gasteiger partial charge in [0.25, 0.3) is 0 Å². The monoisotopic (exact) mass is 218 g/mol. The summed E-state index contributed by atoms with van der Waals surface area (Å²) in [4.78, 5) is 0. The van der Waals surface area contributed by atoms with Crippen molar-refractivity contribution in [1.29, 1.82) is 0 Å². The molecule has 0 unspecified atom stereocenters. The summed E-state index contributed by atoms with van der Waals surface area (Å²) in [6.07, 6.45) is 3.10. The van der Waals surface area contributed by atoms with Gasteiger partial charge in [0.2, 0.25) is 0 Å². The van der Waals surface area contributed by atoms with E-state index in [2.05, 4.69) is 42.3 Å². The lowest BCUT2D eigenvalue weighted by Gasteiger charge is -2.08. The van der Waals surface area contributed by atoms with E-state index in [1.54, 1.807) is 0 Å². The van der Waals surface area contributed by atoms with E-state index in [1.165, 1.54) is 17.5 Å². The molecular weight excluding hydrogens is 196 g/mol. The van der Waals surface area contributed by atoms with Crippen LogP contribution < -0.4 is 10.6 Å². The molecule has 0 spiro atoms. The van der Waals surface area contributed by atoms with Crippen molar-refractivity contribution >= 4 is 6.08 Å². The fourth-order valence-corrected chi connectivity index (χ4v) is 1.60. The number of hydrogen-bond acceptors (Lipinski definition) is 2. The summed E-state index contributed by atoms with van der Waals surface area (Å²) in [5, 5.41) is 6.79. The van der Waals surface area contributed by atoms with E-state index < -0.39 is 0 Å². The quantitative estimate of drug-likeness (QED) is 0.655. The van der Waals surface area contributed by atoms with E-state index in [-0.39, 0.29) is 0 Å². The number of benzene rings is 1. The van der Waals surface area contributed by atoms with Gasteiger partial charge in [0.1, 0.15) is 0 Å². The fourth-order valence-electron chi connectivity index (χ4n) is 1.60. The van der Waals surface area contributed by atoms with Crippen LogP contribution in [0.2, 0.25) is 0 Å². The SMILES string of the molecule is C=Cc1ccccc1CNCCNCCC. The minimum atomic E-state index is 0.913. The highest BCUT2D eigenvalue weighted by Gasteiger charge is 1.96. The van der Waals surface area contributed by atoms with Crippen molar-refractivity contribution in [2.75, 3.05) is 19.6 Å². The van der Waals surface area contributed by atoms with Gasteiger partial charge in [-0.2, -0.15) is 0 Å². The first-order valence-corrected chi connectivity index (χ1v) is 6.00. The van der Waals surface area contributed by atoms with Crippen LogP contribution in [0, 0.1) is 0 Å². The molecule has 0 heterocycles. The van der Waals surface area contributed by atoms with Gasteiger partial charge in [0, 0.05) is 19.6 Å². The zero-order valence-corrected chi connectivity index (χ0v) is 10.1. The van der Waals surface area contributed by atoms with Crippen molar-refractivity contribution in [3.05, 3.63) is 42.0 Å². The van der Waals surface area contributed by atoms with Crippen molar-refractivity contribution in [2.24, 2.45) is 0 Å². The van der Waals surface area contributed by atoms with Gasteiger partial charge in [-0.1, -0.05) is 43.8 Å². The van der Waals surface area contributed by atoms with Gasteiger partial charge < -0.3 is 10.6 Å². The first-order chi connectivity index (χ1) is 7.88. The van der Waals surface area contributed by atoms with Gasteiger partial charge in [-0.05, 0) is 24.1 Å². The third-order valence-electron chi connectivity index (χ3n) is 2.50. The van der Waals surface area contributed by atoms with Crippen molar-refractivity contribution < 1.29 is 0 Å². The van der Waals surface area contributed by atoms with Crippen LogP contribution in [-0.4, -0.2) is 19.6 Å². The average Bonchev–Trinajstić information content (AvgIpc) is 2.34. The Balaban J connectivity index is 2.23. The van der Waals surface area contributed by atoms with E-state index in [0.29, 0.717) is 0 Å². The van der Waals surface area contributed by atoms with E-state index in [1.807, 2.05) is 12.1 Å². The minimum Gasteiger partial charge on any atom is -0.315 e. The van der Waals surface area contributed by atoms with Crippen LogP contribution >= 0.6 is 0 Å². The molecule has 0 aliphatic carbocycles. The molecule has 2 nitrogen and oxygen atoms in total. The maximum atomic E-state index is 3.82. The first kappa shape index (κ1) is 12.9. The van der Waals surface area contributed by atoms with Crippen LogP contribution in [0.3, 0.4) is 0 Å². The van der Waals surface area contributed by atoms with Crippen LogP contribution in [0.15, 0.2) is 30.8 Å². The van der Waals surface area contributed by atoms with E-state index in [4.69, 9.17) is 0 Å². The summed E-state index contributed by atoms with van der Waals surface area (Å²) in [7, 11) is 0. The molecule has 0 saturated carbocycles. The van der Waals surface area contributed by atoms with Gasteiger partial charge >= 0.3 is 0 Å². The third kappa shape index (κ3) is 4.60. The summed E-state index contributed by atoms with van der Waals surface area (Å²) in [6.45, 7) is 10.1. The maximum Gasteiger partial charge on any atom is 0.0211 e. The normalized spacial score (nSPS) is 10.3. The molecule has 1 rings (SSSR count). The second-order valence-electron chi connectivity index (χ2n) is 3.83. The lowest BCUT2D eigenvalue weighted by molar-refractivity contribution is 0.606. The van der Waals surface area contributed by atoms with Crippen LogP contribution in [0.25, 0.3) is 6.08 Å². The van der Waals surface area contributed by atoms with Crippen LogP contribution in [0.4, 0.5) is 0 Å². The minimum absolute atomic E-state index is 0.913. The molecule has 0 amide bonds. The first-order valence-electron chi connectivity index (χ1n) is 6.00.